The molecule has 0 bridgehead atoms. The Hall–Kier alpha value is -2.40. The minimum Gasteiger partial charge on any atom is -0.388 e. The number of nitrogens with two attached hydrogens (primary N) is 1. The van der Waals surface area contributed by atoms with Crippen LogP contribution in [0, 0.1) is 0 Å². The van der Waals surface area contributed by atoms with Crippen LogP contribution in [0.5, 0.6) is 0 Å². The topological polar surface area (TPSA) is 188 Å². The van der Waals surface area contributed by atoms with Crippen molar-refractivity contribution in [3.05, 3.63) is 35.4 Å². The van der Waals surface area contributed by atoms with Crippen molar-refractivity contribution in [1.29, 1.82) is 0 Å². The number of fused-ring (bicyclic) bond motifs is 2. The minimum absolute atomic E-state index is 0.0784. The third-order valence-electron chi connectivity index (χ3n) is 6.76. The lowest BCUT2D eigenvalue weighted by Gasteiger charge is -2.18. The van der Waals surface area contributed by atoms with Crippen molar-refractivity contribution >= 4 is 39.0 Å². The lowest BCUT2D eigenvalue weighted by atomic mass is 10.1. The normalized spacial score (nSPS) is 25.2. The van der Waals surface area contributed by atoms with Gasteiger partial charge in [-0.25, -0.2) is 19.8 Å². The summed E-state index contributed by atoms with van der Waals surface area (Å²) in [5, 5.41) is 39.0. The Balaban J connectivity index is 1.40. The molecule has 3 aromatic rings. The predicted octanol–water partition coefficient (Wildman–Crippen LogP) is 1.09. The van der Waals surface area contributed by atoms with Crippen LogP contribution in [0.15, 0.2) is 29.4 Å². The minimum atomic E-state index is -4.09. The molecule has 1 fully saturated rings. The Morgan fingerprint density at radius 1 is 1.21 bits per heavy atom. The molecule has 13 nitrogen and oxygen atoms in total. The molecule has 0 spiro atoms. The van der Waals surface area contributed by atoms with Crippen LogP contribution in [0.2, 0.25) is 0 Å². The van der Waals surface area contributed by atoms with Gasteiger partial charge in [0.05, 0.1) is 31.4 Å². The average Bonchev–Trinajstić information content (AvgIpc) is 3.57. The molecule has 5 atom stereocenters. The predicted molar refractivity (Wildman–Crippen MR) is 140 cm³/mol. The number of aliphatic hydroxyl groups excluding tert-OH is 2. The molecule has 0 saturated heterocycles. The van der Waals surface area contributed by atoms with Crippen molar-refractivity contribution in [1.82, 2.24) is 25.0 Å². The van der Waals surface area contributed by atoms with Gasteiger partial charge in [0.25, 0.3) is 0 Å². The smallest absolute Gasteiger partial charge is 0.333 e. The summed E-state index contributed by atoms with van der Waals surface area (Å²) in [4.78, 5) is 9.45. The van der Waals surface area contributed by atoms with Gasteiger partial charge in [-0.2, -0.15) is 8.42 Å². The SMILES string of the molecule is CCCSc1nc(NC2CCc3ccccc32)c2nnn([C@H]3C[C@@H](OCCOS(N)(=O)=O)[C@H](O)[C@@H]3O)c2n1. The summed E-state index contributed by atoms with van der Waals surface area (Å²) in [6, 6.07) is 7.73. The fourth-order valence-corrected chi connectivity index (χ4v) is 5.98. The summed E-state index contributed by atoms with van der Waals surface area (Å²) in [5.41, 5.74) is 3.46. The highest BCUT2D eigenvalue weighted by molar-refractivity contribution is 7.99. The highest BCUT2D eigenvalue weighted by atomic mass is 32.2. The lowest BCUT2D eigenvalue weighted by molar-refractivity contribution is -0.0612. The number of aryl methyl sites for hydroxylation is 1. The number of aliphatic hydroxyl groups is 2. The van der Waals surface area contributed by atoms with E-state index in [-0.39, 0.29) is 25.7 Å². The maximum atomic E-state index is 10.9. The first kappa shape index (κ1) is 27.2. The summed E-state index contributed by atoms with van der Waals surface area (Å²) in [6.07, 6.45) is -0.150. The van der Waals surface area contributed by atoms with E-state index >= 15 is 0 Å². The maximum Gasteiger partial charge on any atom is 0.333 e. The average molecular weight is 566 g/mol. The van der Waals surface area contributed by atoms with Gasteiger partial charge in [0.2, 0.25) is 0 Å². The Labute approximate surface area is 224 Å². The largest absolute Gasteiger partial charge is 0.388 e. The number of hydrogen-bond acceptors (Lipinski definition) is 12. The van der Waals surface area contributed by atoms with Crippen molar-refractivity contribution in [3.63, 3.8) is 0 Å². The summed E-state index contributed by atoms with van der Waals surface area (Å²) >= 11 is 1.52. The number of nitrogens with zero attached hydrogens (tertiary/aromatic N) is 5. The fourth-order valence-electron chi connectivity index (χ4n) is 4.99. The molecule has 5 N–H and O–H groups in total. The van der Waals surface area contributed by atoms with Crippen LogP contribution < -0.4 is 10.5 Å². The molecule has 2 aromatic heterocycles. The van der Waals surface area contributed by atoms with Crippen molar-refractivity contribution in [2.45, 2.75) is 68.2 Å². The zero-order valence-electron chi connectivity index (χ0n) is 20.8. The monoisotopic (exact) mass is 565 g/mol. The first-order valence-electron chi connectivity index (χ1n) is 12.5. The summed E-state index contributed by atoms with van der Waals surface area (Å²) < 4.78 is 33.4. The molecular formula is C23H31N7O6S2. The quantitative estimate of drug-likeness (QED) is 0.147. The van der Waals surface area contributed by atoms with Gasteiger partial charge in [-0.15, -0.1) is 5.10 Å². The molecule has 206 valence electrons. The molecular weight excluding hydrogens is 534 g/mol. The number of ether oxygens (including phenoxy) is 1. The number of rotatable bonds is 11. The van der Waals surface area contributed by atoms with E-state index in [2.05, 4.69) is 38.9 Å². The summed E-state index contributed by atoms with van der Waals surface area (Å²) in [5.74, 6) is 1.41. The first-order chi connectivity index (χ1) is 18.2. The zero-order valence-corrected chi connectivity index (χ0v) is 22.4. The molecule has 0 amide bonds. The standard InChI is InChI=1S/C23H31N7O6S2/c1-2-11-37-23-26-21(25-15-8-7-13-5-3-4-6-14(13)15)18-22(27-23)30(29-28-18)16-12-17(20(32)19(16)31)35-9-10-36-38(24,33)34/h3-6,15-17,19-20,31-32H,2,7-12H2,1H3,(H2,24,33,34)(H,25,26,27)/t15?,16-,17+,19+,20-/m0/s1. The summed E-state index contributed by atoms with van der Waals surface area (Å²) in [6.45, 7) is 1.64. The van der Waals surface area contributed by atoms with E-state index < -0.39 is 34.7 Å². The molecule has 0 aliphatic heterocycles. The number of benzene rings is 1. The first-order valence-corrected chi connectivity index (χ1v) is 15.0. The maximum absolute atomic E-state index is 10.9. The van der Waals surface area contributed by atoms with Crippen LogP contribution >= 0.6 is 11.8 Å². The van der Waals surface area contributed by atoms with E-state index in [0.717, 1.165) is 25.0 Å². The van der Waals surface area contributed by atoms with E-state index in [1.165, 1.54) is 27.6 Å². The number of nitrogens with one attached hydrogen (secondary N) is 1. The van der Waals surface area contributed by atoms with Crippen LogP contribution in [0.1, 0.15) is 49.4 Å². The van der Waals surface area contributed by atoms with Gasteiger partial charge >= 0.3 is 10.3 Å². The molecule has 15 heteroatoms. The van der Waals surface area contributed by atoms with E-state index in [0.29, 0.717) is 22.1 Å². The van der Waals surface area contributed by atoms with Gasteiger partial charge in [-0.1, -0.05) is 48.2 Å². The van der Waals surface area contributed by atoms with Gasteiger partial charge in [0, 0.05) is 12.2 Å². The van der Waals surface area contributed by atoms with Crippen LogP contribution in [0.3, 0.4) is 0 Å². The van der Waals surface area contributed by atoms with E-state index in [1.807, 2.05) is 12.1 Å². The van der Waals surface area contributed by atoms with Crippen molar-refractivity contribution in [2.75, 3.05) is 24.3 Å². The van der Waals surface area contributed by atoms with Crippen LogP contribution in [-0.2, 0) is 25.6 Å². The van der Waals surface area contributed by atoms with Gasteiger partial charge in [0.15, 0.2) is 22.1 Å². The number of aromatic nitrogens is 5. The Bertz CT molecular complexity index is 1390. The molecule has 38 heavy (non-hydrogen) atoms. The van der Waals surface area contributed by atoms with Gasteiger partial charge in [-0.05, 0) is 30.4 Å². The number of thioether (sulfide) groups is 1. The summed E-state index contributed by atoms with van der Waals surface area (Å²) in [7, 11) is -4.09. The second kappa shape index (κ2) is 11.4. The lowest BCUT2D eigenvalue weighted by Crippen LogP contribution is -2.33. The highest BCUT2D eigenvalue weighted by Gasteiger charge is 2.44. The van der Waals surface area contributed by atoms with Crippen LogP contribution in [0.25, 0.3) is 11.2 Å². The number of anilines is 1. The highest BCUT2D eigenvalue weighted by Crippen LogP contribution is 2.37. The Morgan fingerprint density at radius 2 is 2.03 bits per heavy atom. The molecule has 5 rings (SSSR count). The third-order valence-corrected chi connectivity index (χ3v) is 8.31. The van der Waals surface area contributed by atoms with E-state index in [1.54, 1.807) is 0 Å². The molecule has 2 aliphatic carbocycles. The second-order valence-corrected chi connectivity index (χ2v) is 11.6. The zero-order chi connectivity index (χ0) is 26.9. The van der Waals surface area contributed by atoms with Crippen LogP contribution in [0.4, 0.5) is 5.82 Å². The van der Waals surface area contributed by atoms with Crippen molar-refractivity contribution in [3.8, 4) is 0 Å². The van der Waals surface area contributed by atoms with Gasteiger partial charge < -0.3 is 20.3 Å². The van der Waals surface area contributed by atoms with Crippen LogP contribution in [-0.4, -0.2) is 80.9 Å². The Kier molecular flexibility index (Phi) is 8.14. The molecule has 2 aliphatic rings. The fraction of sp³-hybridized carbons (Fsp3) is 0.565. The molecule has 1 aromatic carbocycles. The number of hydrogen-bond donors (Lipinski definition) is 4. The molecule has 0 radical (unpaired) electrons. The van der Waals surface area contributed by atoms with E-state index in [9.17, 15) is 18.6 Å². The van der Waals surface area contributed by atoms with E-state index in [4.69, 9.17) is 19.8 Å². The molecule has 1 unspecified atom stereocenters. The molecule has 2 heterocycles. The molecule has 1 saturated carbocycles. The van der Waals surface area contributed by atoms with Crippen molar-refractivity contribution < 1.29 is 27.6 Å². The third kappa shape index (κ3) is 5.78. The van der Waals surface area contributed by atoms with Gasteiger partial charge in [0.1, 0.15) is 12.2 Å². The van der Waals surface area contributed by atoms with Gasteiger partial charge in [-0.3, -0.25) is 4.18 Å². The Morgan fingerprint density at radius 3 is 2.82 bits per heavy atom. The second-order valence-electron chi connectivity index (χ2n) is 9.35. The van der Waals surface area contributed by atoms with Crippen molar-refractivity contribution in [2.24, 2.45) is 5.14 Å².